The van der Waals surface area contributed by atoms with Crippen molar-refractivity contribution < 1.29 is 9.53 Å². The van der Waals surface area contributed by atoms with Crippen molar-refractivity contribution in [3.05, 3.63) is 42.7 Å². The highest BCUT2D eigenvalue weighted by molar-refractivity contribution is 5.81. The zero-order valence-electron chi connectivity index (χ0n) is 7.27. The van der Waals surface area contributed by atoms with Crippen LogP contribution in [0.15, 0.2) is 37.1 Å². The van der Waals surface area contributed by atoms with Gasteiger partial charge in [-0.05, 0) is 12.1 Å². The molecule has 0 aromatic carbocycles. The third kappa shape index (κ3) is 3.51. The van der Waals surface area contributed by atoms with Gasteiger partial charge in [0.05, 0.1) is 6.61 Å². The fourth-order valence-corrected chi connectivity index (χ4v) is 0.861. The summed E-state index contributed by atoms with van der Waals surface area (Å²) >= 11 is 0. The fraction of sp³-hybridized carbons (Fsp3) is 0.200. The van der Waals surface area contributed by atoms with Gasteiger partial charge in [-0.3, -0.25) is 4.98 Å². The van der Waals surface area contributed by atoms with Gasteiger partial charge in [0, 0.05) is 24.4 Å². The Kier molecular flexibility index (Phi) is 3.70. The van der Waals surface area contributed by atoms with E-state index in [9.17, 15) is 4.79 Å². The highest BCUT2D eigenvalue weighted by Crippen LogP contribution is 1.95. The van der Waals surface area contributed by atoms with Crippen LogP contribution in [0.25, 0.3) is 0 Å². The largest absolute Gasteiger partial charge is 0.462 e. The lowest BCUT2D eigenvalue weighted by molar-refractivity contribution is -0.137. The first-order valence-electron chi connectivity index (χ1n) is 4.02. The van der Waals surface area contributed by atoms with Crippen molar-refractivity contribution >= 4 is 5.97 Å². The Morgan fingerprint density at radius 1 is 1.62 bits per heavy atom. The highest BCUT2D eigenvalue weighted by Gasteiger charge is 1.96. The van der Waals surface area contributed by atoms with Crippen molar-refractivity contribution in [2.75, 3.05) is 6.61 Å². The van der Waals surface area contributed by atoms with Crippen molar-refractivity contribution in [2.24, 2.45) is 0 Å². The van der Waals surface area contributed by atoms with Crippen LogP contribution in [0.2, 0.25) is 0 Å². The monoisotopic (exact) mass is 177 g/mol. The molecule has 0 bridgehead atoms. The SMILES string of the molecule is C=CC(=O)OCCc1ccccn1. The van der Waals surface area contributed by atoms with Gasteiger partial charge >= 0.3 is 5.97 Å². The van der Waals surface area contributed by atoms with Gasteiger partial charge in [-0.2, -0.15) is 0 Å². The van der Waals surface area contributed by atoms with Crippen molar-refractivity contribution in [1.82, 2.24) is 4.98 Å². The molecule has 0 amide bonds. The third-order valence-electron chi connectivity index (χ3n) is 1.50. The summed E-state index contributed by atoms with van der Waals surface area (Å²) in [6.45, 7) is 3.65. The zero-order chi connectivity index (χ0) is 9.52. The number of rotatable bonds is 4. The summed E-state index contributed by atoms with van der Waals surface area (Å²) in [5.41, 5.74) is 0.916. The second kappa shape index (κ2) is 5.09. The summed E-state index contributed by atoms with van der Waals surface area (Å²) < 4.78 is 4.80. The minimum atomic E-state index is -0.393. The molecule has 1 rings (SSSR count). The van der Waals surface area contributed by atoms with Crippen molar-refractivity contribution in [1.29, 1.82) is 0 Å². The van der Waals surface area contributed by atoms with Gasteiger partial charge in [-0.25, -0.2) is 4.79 Å². The van der Waals surface area contributed by atoms with E-state index >= 15 is 0 Å². The first-order chi connectivity index (χ1) is 6.33. The second-order valence-electron chi connectivity index (χ2n) is 2.44. The second-order valence-corrected chi connectivity index (χ2v) is 2.44. The van der Waals surface area contributed by atoms with E-state index in [1.165, 1.54) is 0 Å². The molecule has 3 nitrogen and oxygen atoms in total. The maximum Gasteiger partial charge on any atom is 0.330 e. The lowest BCUT2D eigenvalue weighted by atomic mass is 10.3. The van der Waals surface area contributed by atoms with E-state index in [1.807, 2.05) is 18.2 Å². The molecule has 1 aromatic heterocycles. The van der Waals surface area contributed by atoms with Crippen LogP contribution in [-0.4, -0.2) is 17.6 Å². The van der Waals surface area contributed by atoms with Crippen LogP contribution < -0.4 is 0 Å². The third-order valence-corrected chi connectivity index (χ3v) is 1.50. The van der Waals surface area contributed by atoms with E-state index in [2.05, 4.69) is 11.6 Å². The lowest BCUT2D eigenvalue weighted by Gasteiger charge is -2.00. The number of hydrogen-bond donors (Lipinski definition) is 0. The zero-order valence-corrected chi connectivity index (χ0v) is 7.27. The Balaban J connectivity index is 2.28. The molecule has 0 N–H and O–H groups in total. The van der Waals surface area contributed by atoms with Gasteiger partial charge in [0.25, 0.3) is 0 Å². The average molecular weight is 177 g/mol. The number of carbonyl (C=O) groups excluding carboxylic acids is 1. The van der Waals surface area contributed by atoms with E-state index in [4.69, 9.17) is 4.74 Å². The Bertz CT molecular complexity index is 282. The number of hydrogen-bond acceptors (Lipinski definition) is 3. The van der Waals surface area contributed by atoms with Crippen molar-refractivity contribution in [3.8, 4) is 0 Å². The van der Waals surface area contributed by atoms with Crippen LogP contribution in [0.4, 0.5) is 0 Å². The van der Waals surface area contributed by atoms with Crippen LogP contribution in [-0.2, 0) is 16.0 Å². The molecule has 0 spiro atoms. The Labute approximate surface area is 77.1 Å². The lowest BCUT2D eigenvalue weighted by Crippen LogP contribution is -2.04. The van der Waals surface area contributed by atoms with E-state index in [1.54, 1.807) is 6.20 Å². The highest BCUT2D eigenvalue weighted by atomic mass is 16.5. The smallest absolute Gasteiger partial charge is 0.330 e. The molecular weight excluding hydrogens is 166 g/mol. The topological polar surface area (TPSA) is 39.2 Å². The molecule has 1 aromatic rings. The first-order valence-corrected chi connectivity index (χ1v) is 4.02. The van der Waals surface area contributed by atoms with Gasteiger partial charge in [-0.15, -0.1) is 0 Å². The molecule has 0 aliphatic rings. The molecule has 0 unspecified atom stereocenters. The quantitative estimate of drug-likeness (QED) is 0.514. The Morgan fingerprint density at radius 2 is 2.46 bits per heavy atom. The predicted octanol–water partition coefficient (Wildman–Crippen LogP) is 1.35. The average Bonchev–Trinajstić information content (AvgIpc) is 2.19. The van der Waals surface area contributed by atoms with Crippen molar-refractivity contribution in [2.45, 2.75) is 6.42 Å². The Hall–Kier alpha value is -1.64. The molecule has 68 valence electrons. The van der Waals surface area contributed by atoms with E-state index in [0.717, 1.165) is 11.8 Å². The van der Waals surface area contributed by atoms with Crippen LogP contribution in [0.5, 0.6) is 0 Å². The summed E-state index contributed by atoms with van der Waals surface area (Å²) in [5.74, 6) is -0.393. The minimum Gasteiger partial charge on any atom is -0.462 e. The van der Waals surface area contributed by atoms with E-state index < -0.39 is 5.97 Å². The molecule has 1 heterocycles. The molecule has 0 aliphatic heterocycles. The van der Waals surface area contributed by atoms with Gasteiger partial charge in [0.1, 0.15) is 0 Å². The predicted molar refractivity (Wildman–Crippen MR) is 49.1 cm³/mol. The van der Waals surface area contributed by atoms with Crippen LogP contribution in [0, 0.1) is 0 Å². The van der Waals surface area contributed by atoms with Crippen LogP contribution in [0.1, 0.15) is 5.69 Å². The van der Waals surface area contributed by atoms with Gasteiger partial charge < -0.3 is 4.74 Å². The molecule has 0 aliphatic carbocycles. The number of ether oxygens (including phenoxy) is 1. The molecule has 13 heavy (non-hydrogen) atoms. The minimum absolute atomic E-state index is 0.349. The first kappa shape index (κ1) is 9.45. The summed E-state index contributed by atoms with van der Waals surface area (Å²) in [7, 11) is 0. The van der Waals surface area contributed by atoms with Crippen LogP contribution >= 0.6 is 0 Å². The number of aromatic nitrogens is 1. The van der Waals surface area contributed by atoms with Crippen LogP contribution in [0.3, 0.4) is 0 Å². The summed E-state index contributed by atoms with van der Waals surface area (Å²) in [6.07, 6.45) is 3.50. The van der Waals surface area contributed by atoms with Gasteiger partial charge in [0.2, 0.25) is 0 Å². The summed E-state index contributed by atoms with van der Waals surface area (Å²) in [4.78, 5) is 14.7. The standard InChI is InChI=1S/C10H11NO2/c1-2-10(12)13-8-6-9-5-3-4-7-11-9/h2-5,7H,1,6,8H2. The van der Waals surface area contributed by atoms with E-state index in [-0.39, 0.29) is 0 Å². The summed E-state index contributed by atoms with van der Waals surface area (Å²) in [5, 5.41) is 0. The number of pyridine rings is 1. The Morgan fingerprint density at radius 3 is 3.08 bits per heavy atom. The molecule has 0 saturated heterocycles. The molecule has 0 radical (unpaired) electrons. The number of esters is 1. The summed E-state index contributed by atoms with van der Waals surface area (Å²) in [6, 6.07) is 5.64. The molecule has 0 atom stereocenters. The molecule has 0 saturated carbocycles. The van der Waals surface area contributed by atoms with Gasteiger partial charge in [0.15, 0.2) is 0 Å². The molecule has 0 fully saturated rings. The molecular formula is C10H11NO2. The fourth-order valence-electron chi connectivity index (χ4n) is 0.861. The number of nitrogens with zero attached hydrogens (tertiary/aromatic N) is 1. The maximum atomic E-state index is 10.6. The van der Waals surface area contributed by atoms with E-state index in [0.29, 0.717) is 13.0 Å². The maximum absolute atomic E-state index is 10.6. The number of carbonyl (C=O) groups is 1. The van der Waals surface area contributed by atoms with Crippen molar-refractivity contribution in [3.63, 3.8) is 0 Å². The molecule has 3 heteroatoms. The van der Waals surface area contributed by atoms with Gasteiger partial charge in [-0.1, -0.05) is 12.6 Å². The normalized spacial score (nSPS) is 9.23.